The minimum Gasteiger partial charge on any atom is -0.457 e. The number of nitrogens with two attached hydrogens (primary N) is 1. The number of nitrogen functional groups attached to an aromatic ring is 1. The lowest BCUT2D eigenvalue weighted by Crippen LogP contribution is -1.92. The highest BCUT2D eigenvalue weighted by Crippen LogP contribution is 2.35. The van der Waals surface area contributed by atoms with E-state index in [1.54, 1.807) is 30.3 Å². The minimum atomic E-state index is 0.591. The monoisotopic (exact) mass is 320 g/mol. The van der Waals surface area contributed by atoms with Gasteiger partial charge in [-0.15, -0.1) is 0 Å². The summed E-state index contributed by atoms with van der Waals surface area (Å²) in [6.07, 6.45) is 0. The van der Waals surface area contributed by atoms with Crippen LogP contribution in [0.5, 0.6) is 11.5 Å². The molecule has 0 radical (unpaired) electrons. The molecule has 0 aromatic heterocycles. The largest absolute Gasteiger partial charge is 0.457 e. The Bertz CT molecular complexity index is 900. The van der Waals surface area contributed by atoms with Gasteiger partial charge in [0.25, 0.3) is 0 Å². The molecule has 3 aromatic rings. The molecule has 0 aliphatic heterocycles. The van der Waals surface area contributed by atoms with E-state index < -0.39 is 0 Å². The Hall–Kier alpha value is -2.96. The zero-order valence-corrected chi connectivity index (χ0v) is 12.9. The number of hydrogen-bond donors (Lipinski definition) is 1. The van der Waals surface area contributed by atoms with Crippen molar-refractivity contribution >= 4 is 17.3 Å². The first-order valence-electron chi connectivity index (χ1n) is 6.99. The molecule has 112 valence electrons. The van der Waals surface area contributed by atoms with E-state index >= 15 is 0 Å². The zero-order chi connectivity index (χ0) is 16.2. The van der Waals surface area contributed by atoms with Gasteiger partial charge in [0, 0.05) is 22.3 Å². The van der Waals surface area contributed by atoms with Gasteiger partial charge in [-0.1, -0.05) is 29.8 Å². The van der Waals surface area contributed by atoms with Gasteiger partial charge in [-0.2, -0.15) is 5.26 Å². The van der Waals surface area contributed by atoms with Crippen molar-refractivity contribution in [3.63, 3.8) is 0 Å². The summed E-state index contributed by atoms with van der Waals surface area (Å²) in [4.78, 5) is 0. The molecule has 0 aliphatic rings. The number of nitriles is 1. The van der Waals surface area contributed by atoms with E-state index in [0.29, 0.717) is 27.8 Å². The van der Waals surface area contributed by atoms with Gasteiger partial charge in [0.15, 0.2) is 0 Å². The van der Waals surface area contributed by atoms with Crippen LogP contribution in [0, 0.1) is 11.3 Å². The highest BCUT2D eigenvalue weighted by Gasteiger charge is 2.09. The van der Waals surface area contributed by atoms with Crippen LogP contribution in [0.1, 0.15) is 5.56 Å². The van der Waals surface area contributed by atoms with Gasteiger partial charge in [0.05, 0.1) is 11.6 Å². The summed E-state index contributed by atoms with van der Waals surface area (Å²) in [6.45, 7) is 0. The lowest BCUT2D eigenvalue weighted by Gasteiger charge is -2.13. The van der Waals surface area contributed by atoms with Crippen molar-refractivity contribution in [1.29, 1.82) is 5.26 Å². The van der Waals surface area contributed by atoms with Crippen molar-refractivity contribution in [2.75, 3.05) is 5.73 Å². The van der Waals surface area contributed by atoms with Crippen molar-refractivity contribution in [2.45, 2.75) is 0 Å². The molecule has 23 heavy (non-hydrogen) atoms. The smallest absolute Gasteiger partial charge is 0.137 e. The van der Waals surface area contributed by atoms with Crippen LogP contribution >= 0.6 is 11.6 Å². The summed E-state index contributed by atoms with van der Waals surface area (Å²) in [7, 11) is 0. The van der Waals surface area contributed by atoms with Crippen LogP contribution in [0.25, 0.3) is 11.1 Å². The van der Waals surface area contributed by atoms with E-state index in [-0.39, 0.29) is 0 Å². The van der Waals surface area contributed by atoms with E-state index in [2.05, 4.69) is 6.07 Å². The Morgan fingerprint density at radius 3 is 2.57 bits per heavy atom. The average Bonchev–Trinajstić information content (AvgIpc) is 2.55. The second kappa shape index (κ2) is 6.43. The molecule has 0 atom stereocenters. The van der Waals surface area contributed by atoms with Crippen LogP contribution in [-0.4, -0.2) is 0 Å². The molecule has 0 amide bonds. The number of rotatable bonds is 3. The average molecular weight is 321 g/mol. The fourth-order valence-corrected chi connectivity index (χ4v) is 2.46. The Kier molecular flexibility index (Phi) is 4.18. The van der Waals surface area contributed by atoms with E-state index in [0.717, 1.165) is 11.1 Å². The first kappa shape index (κ1) is 15.0. The van der Waals surface area contributed by atoms with Crippen LogP contribution in [0.2, 0.25) is 5.02 Å². The van der Waals surface area contributed by atoms with Gasteiger partial charge in [0.2, 0.25) is 0 Å². The van der Waals surface area contributed by atoms with Gasteiger partial charge >= 0.3 is 0 Å². The number of nitrogens with zero attached hydrogens (tertiary/aromatic N) is 1. The Morgan fingerprint density at radius 1 is 0.957 bits per heavy atom. The summed E-state index contributed by atoms with van der Waals surface area (Å²) >= 11 is 6.00. The molecule has 4 heteroatoms. The van der Waals surface area contributed by atoms with E-state index in [1.165, 1.54) is 0 Å². The molecule has 0 aliphatic carbocycles. The van der Waals surface area contributed by atoms with E-state index in [9.17, 15) is 0 Å². The lowest BCUT2D eigenvalue weighted by molar-refractivity contribution is 0.485. The van der Waals surface area contributed by atoms with Crippen molar-refractivity contribution in [3.05, 3.63) is 77.3 Å². The third kappa shape index (κ3) is 3.45. The number of hydrogen-bond acceptors (Lipinski definition) is 3. The predicted molar refractivity (Wildman–Crippen MR) is 92.5 cm³/mol. The molecular weight excluding hydrogens is 308 g/mol. The summed E-state index contributed by atoms with van der Waals surface area (Å²) in [5.41, 5.74) is 8.82. The molecule has 2 N–H and O–H groups in total. The zero-order valence-electron chi connectivity index (χ0n) is 12.2. The van der Waals surface area contributed by atoms with Crippen LogP contribution in [0.4, 0.5) is 5.69 Å². The standard InChI is InChI=1S/C19H13ClN2O/c20-15-5-2-6-17(10-15)23-19-11-16(22)7-8-18(19)14-4-1-3-13(9-14)12-21/h1-11H,22H2. The summed E-state index contributed by atoms with van der Waals surface area (Å²) in [5.74, 6) is 1.24. The van der Waals surface area contributed by atoms with E-state index in [1.807, 2.05) is 36.4 Å². The third-order valence-corrected chi connectivity index (χ3v) is 3.57. The van der Waals surface area contributed by atoms with Gasteiger partial charge in [-0.05, 0) is 48.0 Å². The molecule has 0 spiro atoms. The number of ether oxygens (including phenoxy) is 1. The SMILES string of the molecule is N#Cc1cccc(-c2ccc(N)cc2Oc2cccc(Cl)c2)c1. The molecular formula is C19H13ClN2O. The van der Waals surface area contributed by atoms with Crippen LogP contribution in [0.3, 0.4) is 0 Å². The first-order valence-corrected chi connectivity index (χ1v) is 7.37. The van der Waals surface area contributed by atoms with Gasteiger partial charge in [-0.3, -0.25) is 0 Å². The second-order valence-corrected chi connectivity index (χ2v) is 5.44. The highest BCUT2D eigenvalue weighted by atomic mass is 35.5. The Balaban J connectivity index is 2.06. The summed E-state index contributed by atoms with van der Waals surface area (Å²) in [6, 6.07) is 22.1. The molecule has 0 fully saturated rings. The molecule has 3 aromatic carbocycles. The van der Waals surface area contributed by atoms with Crippen molar-refractivity contribution < 1.29 is 4.74 Å². The van der Waals surface area contributed by atoms with Crippen LogP contribution in [-0.2, 0) is 0 Å². The molecule has 0 bridgehead atoms. The molecule has 3 nitrogen and oxygen atoms in total. The molecule has 0 saturated heterocycles. The predicted octanol–water partition coefficient (Wildman–Crippen LogP) is 5.25. The fraction of sp³-hybridized carbons (Fsp3) is 0. The number of benzene rings is 3. The van der Waals surface area contributed by atoms with Crippen molar-refractivity contribution in [2.24, 2.45) is 0 Å². The van der Waals surface area contributed by atoms with Gasteiger partial charge in [0.1, 0.15) is 11.5 Å². The quantitative estimate of drug-likeness (QED) is 0.670. The fourth-order valence-electron chi connectivity index (χ4n) is 2.28. The second-order valence-electron chi connectivity index (χ2n) is 5.01. The molecule has 0 unspecified atom stereocenters. The van der Waals surface area contributed by atoms with Gasteiger partial charge in [-0.25, -0.2) is 0 Å². The first-order chi connectivity index (χ1) is 11.2. The van der Waals surface area contributed by atoms with Crippen LogP contribution < -0.4 is 10.5 Å². The lowest BCUT2D eigenvalue weighted by atomic mass is 10.0. The van der Waals surface area contributed by atoms with Crippen molar-refractivity contribution in [1.82, 2.24) is 0 Å². The summed E-state index contributed by atoms with van der Waals surface area (Å²) in [5, 5.41) is 9.67. The maximum atomic E-state index is 9.07. The third-order valence-electron chi connectivity index (χ3n) is 3.33. The van der Waals surface area contributed by atoms with Gasteiger partial charge < -0.3 is 10.5 Å². The summed E-state index contributed by atoms with van der Waals surface area (Å²) < 4.78 is 5.95. The Morgan fingerprint density at radius 2 is 1.78 bits per heavy atom. The molecule has 0 heterocycles. The maximum absolute atomic E-state index is 9.07. The normalized spacial score (nSPS) is 10.1. The van der Waals surface area contributed by atoms with E-state index in [4.69, 9.17) is 27.3 Å². The highest BCUT2D eigenvalue weighted by molar-refractivity contribution is 6.30. The van der Waals surface area contributed by atoms with Crippen molar-refractivity contribution in [3.8, 4) is 28.7 Å². The molecule has 0 saturated carbocycles. The minimum absolute atomic E-state index is 0.591. The number of anilines is 1. The van der Waals surface area contributed by atoms with Crippen LogP contribution in [0.15, 0.2) is 66.7 Å². The maximum Gasteiger partial charge on any atom is 0.137 e. The topological polar surface area (TPSA) is 59.0 Å². The number of halogens is 1. The Labute approximate surface area is 139 Å². The molecule has 3 rings (SSSR count).